The third-order valence-electron chi connectivity index (χ3n) is 4.31. The molecule has 0 saturated carbocycles. The van der Waals surface area contributed by atoms with Gasteiger partial charge in [-0.25, -0.2) is 12.7 Å². The minimum atomic E-state index is -4.60. The number of anilines is 2. The molecule has 162 valence electrons. The van der Waals surface area contributed by atoms with Crippen LogP contribution in [-0.2, 0) is 23.1 Å². The van der Waals surface area contributed by atoms with Crippen molar-refractivity contribution in [2.75, 3.05) is 23.4 Å². The maximum atomic E-state index is 13.1. The van der Waals surface area contributed by atoms with Gasteiger partial charge >= 0.3 is 6.18 Å². The fourth-order valence-electron chi connectivity index (χ4n) is 2.99. The molecule has 0 spiro atoms. The number of hydrogen-bond donors (Lipinski definition) is 1. The Balaban J connectivity index is 2.20. The summed E-state index contributed by atoms with van der Waals surface area (Å²) in [5, 5.41) is 4.01. The van der Waals surface area contributed by atoms with E-state index in [4.69, 9.17) is 22.1 Å². The maximum absolute atomic E-state index is 13.1. The number of nitrogens with zero attached hydrogens (tertiary/aromatic N) is 3. The summed E-state index contributed by atoms with van der Waals surface area (Å²) in [5.41, 5.74) is 6.36. The van der Waals surface area contributed by atoms with Gasteiger partial charge in [0.05, 0.1) is 41.5 Å². The standard InChI is InChI=1S/C18H18ClF3N4O3S/c1-29-12-5-3-11(4-6-12)9-26(30(2,27)28)17-15-13(19)7-8-14(23)16(15)25(24-17)10-18(20,21)22/h3-8H,9-10,23H2,1-2H3. The molecule has 0 unspecified atom stereocenters. The molecule has 0 aliphatic heterocycles. The zero-order chi connectivity index (χ0) is 22.3. The molecule has 3 rings (SSSR count). The van der Waals surface area contributed by atoms with Gasteiger partial charge in [0.25, 0.3) is 0 Å². The van der Waals surface area contributed by atoms with E-state index < -0.39 is 22.7 Å². The van der Waals surface area contributed by atoms with Crippen molar-refractivity contribution in [1.82, 2.24) is 9.78 Å². The van der Waals surface area contributed by atoms with Crippen LogP contribution >= 0.6 is 11.6 Å². The van der Waals surface area contributed by atoms with Gasteiger partial charge in [-0.3, -0.25) is 4.68 Å². The van der Waals surface area contributed by atoms with Crippen LogP contribution in [0.3, 0.4) is 0 Å². The van der Waals surface area contributed by atoms with Crippen molar-refractivity contribution >= 4 is 44.0 Å². The lowest BCUT2D eigenvalue weighted by Gasteiger charge is -2.21. The Labute approximate surface area is 175 Å². The van der Waals surface area contributed by atoms with E-state index in [1.165, 1.54) is 19.2 Å². The number of alkyl halides is 3. The number of aromatic nitrogens is 2. The number of rotatable bonds is 6. The number of halogens is 4. The normalized spacial score (nSPS) is 12.3. The lowest BCUT2D eigenvalue weighted by Crippen LogP contribution is -2.30. The Kier molecular flexibility index (Phi) is 5.79. The van der Waals surface area contributed by atoms with Crippen molar-refractivity contribution in [1.29, 1.82) is 0 Å². The average molecular weight is 463 g/mol. The largest absolute Gasteiger partial charge is 0.497 e. The van der Waals surface area contributed by atoms with Gasteiger partial charge in [-0.1, -0.05) is 23.7 Å². The molecule has 12 heteroatoms. The van der Waals surface area contributed by atoms with E-state index in [0.717, 1.165) is 10.6 Å². The number of nitrogen functional groups attached to an aromatic ring is 1. The van der Waals surface area contributed by atoms with Crippen LogP contribution in [0.25, 0.3) is 10.9 Å². The summed E-state index contributed by atoms with van der Waals surface area (Å²) in [6.07, 6.45) is -3.66. The van der Waals surface area contributed by atoms with Crippen LogP contribution in [0.15, 0.2) is 36.4 Å². The Bertz CT molecular complexity index is 1180. The predicted octanol–water partition coefficient (Wildman–Crippen LogP) is 3.81. The monoisotopic (exact) mass is 462 g/mol. The van der Waals surface area contributed by atoms with Crippen molar-refractivity contribution in [3.05, 3.63) is 47.0 Å². The van der Waals surface area contributed by atoms with Crippen LogP contribution in [-0.4, -0.2) is 37.7 Å². The molecule has 1 aromatic heterocycles. The minimum absolute atomic E-state index is 0.00435. The third kappa shape index (κ3) is 4.57. The minimum Gasteiger partial charge on any atom is -0.497 e. The number of hydrogen-bond acceptors (Lipinski definition) is 5. The average Bonchev–Trinajstić information content (AvgIpc) is 3.00. The van der Waals surface area contributed by atoms with Gasteiger partial charge in [0.15, 0.2) is 5.82 Å². The molecule has 1 heterocycles. The SMILES string of the molecule is COc1ccc(CN(c2nn(CC(F)(F)F)c3c(N)ccc(Cl)c23)S(C)(=O)=O)cc1. The summed E-state index contributed by atoms with van der Waals surface area (Å²) >= 11 is 6.23. The number of nitrogens with two attached hydrogens (primary N) is 1. The van der Waals surface area contributed by atoms with Crippen LogP contribution in [0.5, 0.6) is 5.75 Å². The number of sulfonamides is 1. The lowest BCUT2D eigenvalue weighted by molar-refractivity contribution is -0.141. The van der Waals surface area contributed by atoms with Gasteiger partial charge in [0.1, 0.15) is 12.3 Å². The number of methoxy groups -OCH3 is 1. The van der Waals surface area contributed by atoms with Gasteiger partial charge in [0.2, 0.25) is 10.0 Å². The van der Waals surface area contributed by atoms with E-state index in [-0.39, 0.29) is 34.0 Å². The van der Waals surface area contributed by atoms with Crippen molar-refractivity contribution in [2.45, 2.75) is 19.3 Å². The van der Waals surface area contributed by atoms with Crippen LogP contribution in [0.4, 0.5) is 24.7 Å². The molecule has 0 saturated heterocycles. The van der Waals surface area contributed by atoms with E-state index in [1.54, 1.807) is 24.3 Å². The molecule has 2 aromatic carbocycles. The van der Waals surface area contributed by atoms with Crippen molar-refractivity contribution in [2.24, 2.45) is 0 Å². The van der Waals surface area contributed by atoms with Crippen LogP contribution < -0.4 is 14.8 Å². The second-order valence-electron chi connectivity index (χ2n) is 6.57. The molecule has 0 amide bonds. The fraction of sp³-hybridized carbons (Fsp3) is 0.278. The Morgan fingerprint density at radius 1 is 1.20 bits per heavy atom. The first-order valence-corrected chi connectivity index (χ1v) is 10.7. The number of benzene rings is 2. The number of fused-ring (bicyclic) bond motifs is 1. The second-order valence-corrected chi connectivity index (χ2v) is 8.89. The van der Waals surface area contributed by atoms with Crippen molar-refractivity contribution < 1.29 is 26.3 Å². The molecule has 0 radical (unpaired) electrons. The first-order valence-electron chi connectivity index (χ1n) is 8.52. The fourth-order valence-corrected chi connectivity index (χ4v) is 4.06. The van der Waals surface area contributed by atoms with Crippen LogP contribution in [0.2, 0.25) is 5.02 Å². The van der Waals surface area contributed by atoms with Gasteiger partial charge < -0.3 is 10.5 Å². The van der Waals surface area contributed by atoms with Crippen molar-refractivity contribution in [3.63, 3.8) is 0 Å². The molecule has 0 bridgehead atoms. The van der Waals surface area contributed by atoms with Crippen LogP contribution in [0, 0.1) is 0 Å². The molecule has 0 aliphatic carbocycles. The summed E-state index contributed by atoms with van der Waals surface area (Å²) in [6.45, 7) is -1.62. The first kappa shape index (κ1) is 22.0. The molecule has 2 N–H and O–H groups in total. The highest BCUT2D eigenvalue weighted by Crippen LogP contribution is 2.38. The highest BCUT2D eigenvalue weighted by molar-refractivity contribution is 7.92. The second kappa shape index (κ2) is 7.88. The first-order chi connectivity index (χ1) is 13.9. The molecule has 0 fully saturated rings. The smallest absolute Gasteiger partial charge is 0.408 e. The molecule has 3 aromatic rings. The van der Waals surface area contributed by atoms with Gasteiger partial charge in [-0.05, 0) is 29.8 Å². The highest BCUT2D eigenvalue weighted by atomic mass is 35.5. The van der Waals surface area contributed by atoms with E-state index in [9.17, 15) is 21.6 Å². The Morgan fingerprint density at radius 3 is 2.37 bits per heavy atom. The number of ether oxygens (including phenoxy) is 1. The van der Waals surface area contributed by atoms with Crippen LogP contribution in [0.1, 0.15) is 5.56 Å². The van der Waals surface area contributed by atoms with E-state index in [2.05, 4.69) is 5.10 Å². The molecule has 0 aliphatic rings. The Hall–Kier alpha value is -2.66. The van der Waals surface area contributed by atoms with E-state index in [1.807, 2.05) is 0 Å². The molecule has 30 heavy (non-hydrogen) atoms. The summed E-state index contributed by atoms with van der Waals surface area (Å²) in [7, 11) is -2.45. The highest BCUT2D eigenvalue weighted by Gasteiger charge is 2.33. The topological polar surface area (TPSA) is 90.4 Å². The maximum Gasteiger partial charge on any atom is 0.408 e. The lowest BCUT2D eigenvalue weighted by atomic mass is 10.2. The molecular formula is C18H18ClF3N4O3S. The summed E-state index contributed by atoms with van der Waals surface area (Å²) < 4.78 is 71.0. The van der Waals surface area contributed by atoms with Gasteiger partial charge in [-0.2, -0.15) is 18.3 Å². The third-order valence-corrected chi connectivity index (χ3v) is 5.72. The Morgan fingerprint density at radius 2 is 1.83 bits per heavy atom. The molecular weight excluding hydrogens is 445 g/mol. The van der Waals surface area contributed by atoms with Crippen molar-refractivity contribution in [3.8, 4) is 5.75 Å². The molecule has 7 nitrogen and oxygen atoms in total. The zero-order valence-corrected chi connectivity index (χ0v) is 17.5. The van der Waals surface area contributed by atoms with Gasteiger partial charge in [-0.15, -0.1) is 0 Å². The quantitative estimate of drug-likeness (QED) is 0.562. The zero-order valence-electron chi connectivity index (χ0n) is 15.9. The predicted molar refractivity (Wildman–Crippen MR) is 109 cm³/mol. The van der Waals surface area contributed by atoms with E-state index in [0.29, 0.717) is 16.0 Å². The summed E-state index contributed by atoms with van der Waals surface area (Å²) in [6, 6.07) is 9.29. The summed E-state index contributed by atoms with van der Waals surface area (Å²) in [5.74, 6) is 0.338. The summed E-state index contributed by atoms with van der Waals surface area (Å²) in [4.78, 5) is 0. The van der Waals surface area contributed by atoms with Gasteiger partial charge in [0, 0.05) is 0 Å². The molecule has 0 atom stereocenters. The van der Waals surface area contributed by atoms with E-state index >= 15 is 0 Å².